The minimum Gasteiger partial charge on any atom is -0.368 e. The standard InChI is InChI=1S/C14H16F3N3O3S/c15-14(16,17)11(21)8-24-6-2-4-10(12(18)22)20-13(23)9-3-1-5-19-7-9/h1,3,5,7,10H,2,4,6,8H2,(H2,18,22)(H,20,23)/t10-/m0/s1. The molecule has 0 bridgehead atoms. The summed E-state index contributed by atoms with van der Waals surface area (Å²) in [5.74, 6) is -3.51. The number of carbonyl (C=O) groups excluding carboxylic acids is 3. The quantitative estimate of drug-likeness (QED) is 0.644. The summed E-state index contributed by atoms with van der Waals surface area (Å²) in [6.45, 7) is 0. The Kier molecular flexibility index (Phi) is 7.69. The fourth-order valence-corrected chi connectivity index (χ4v) is 2.52. The first-order chi connectivity index (χ1) is 11.2. The molecular weight excluding hydrogens is 347 g/mol. The van der Waals surface area contributed by atoms with Crippen LogP contribution < -0.4 is 11.1 Å². The van der Waals surface area contributed by atoms with E-state index < -0.39 is 35.6 Å². The Labute approximate surface area is 140 Å². The highest BCUT2D eigenvalue weighted by atomic mass is 32.2. The number of nitrogens with one attached hydrogen (secondary N) is 1. The van der Waals surface area contributed by atoms with Crippen LogP contribution in [0, 0.1) is 0 Å². The zero-order valence-corrected chi connectivity index (χ0v) is 13.3. The Hall–Kier alpha value is -2.10. The van der Waals surface area contributed by atoms with Crippen LogP contribution in [-0.4, -0.2) is 46.3 Å². The van der Waals surface area contributed by atoms with Crippen LogP contribution in [0.1, 0.15) is 23.2 Å². The van der Waals surface area contributed by atoms with Gasteiger partial charge >= 0.3 is 6.18 Å². The number of nitrogens with zero attached hydrogens (tertiary/aromatic N) is 1. The van der Waals surface area contributed by atoms with Crippen LogP contribution >= 0.6 is 11.8 Å². The van der Waals surface area contributed by atoms with Gasteiger partial charge in [-0.3, -0.25) is 19.4 Å². The molecular formula is C14H16F3N3O3S. The molecule has 1 aromatic heterocycles. The van der Waals surface area contributed by atoms with E-state index in [-0.39, 0.29) is 17.7 Å². The van der Waals surface area contributed by atoms with Crippen molar-refractivity contribution in [2.24, 2.45) is 5.73 Å². The van der Waals surface area contributed by atoms with Gasteiger partial charge in [-0.15, -0.1) is 0 Å². The van der Waals surface area contributed by atoms with Crippen LogP contribution in [0.4, 0.5) is 13.2 Å². The molecule has 0 aliphatic carbocycles. The number of thioether (sulfide) groups is 1. The highest BCUT2D eigenvalue weighted by Crippen LogP contribution is 2.19. The number of hydrogen-bond donors (Lipinski definition) is 2. The lowest BCUT2D eigenvalue weighted by atomic mass is 10.1. The number of carbonyl (C=O) groups is 3. The number of nitrogens with two attached hydrogens (primary N) is 1. The fraction of sp³-hybridized carbons (Fsp3) is 0.429. The van der Waals surface area contributed by atoms with Gasteiger partial charge in [0, 0.05) is 12.4 Å². The van der Waals surface area contributed by atoms with Crippen LogP contribution in [0.3, 0.4) is 0 Å². The molecule has 0 aliphatic heterocycles. The minimum absolute atomic E-state index is 0.161. The maximum atomic E-state index is 12.0. The highest BCUT2D eigenvalue weighted by molar-refractivity contribution is 7.99. The van der Waals surface area contributed by atoms with Crippen LogP contribution in [-0.2, 0) is 9.59 Å². The zero-order chi connectivity index (χ0) is 18.2. The SMILES string of the molecule is NC(=O)[C@H](CCCSCC(=O)C(F)(F)F)NC(=O)c1cccnc1. The van der Waals surface area contributed by atoms with E-state index >= 15 is 0 Å². The number of primary amides is 1. The van der Waals surface area contributed by atoms with Gasteiger partial charge in [0.05, 0.1) is 11.3 Å². The van der Waals surface area contributed by atoms with Crippen molar-refractivity contribution < 1.29 is 27.6 Å². The largest absolute Gasteiger partial charge is 0.450 e. The summed E-state index contributed by atoms with van der Waals surface area (Å²) in [6, 6.07) is 2.12. The number of Topliss-reactive ketones (excluding diaryl/α,β-unsaturated/α-hetero) is 1. The molecule has 24 heavy (non-hydrogen) atoms. The molecule has 2 amide bonds. The molecule has 0 saturated heterocycles. The van der Waals surface area contributed by atoms with E-state index in [0.29, 0.717) is 6.42 Å². The van der Waals surface area contributed by atoms with Crippen molar-refractivity contribution in [1.29, 1.82) is 0 Å². The summed E-state index contributed by atoms with van der Waals surface area (Å²) in [5, 5.41) is 2.45. The lowest BCUT2D eigenvalue weighted by Gasteiger charge is -2.15. The maximum absolute atomic E-state index is 12.0. The molecule has 3 N–H and O–H groups in total. The topological polar surface area (TPSA) is 102 Å². The van der Waals surface area contributed by atoms with Crippen molar-refractivity contribution in [2.45, 2.75) is 25.1 Å². The van der Waals surface area contributed by atoms with Gasteiger partial charge in [0.25, 0.3) is 5.91 Å². The normalized spacial score (nSPS) is 12.5. The molecule has 0 aliphatic rings. The van der Waals surface area contributed by atoms with E-state index in [2.05, 4.69) is 10.3 Å². The van der Waals surface area contributed by atoms with Gasteiger partial charge < -0.3 is 11.1 Å². The Morgan fingerprint density at radius 3 is 2.58 bits per heavy atom. The first kappa shape index (κ1) is 19.9. The number of rotatable bonds is 9. The highest BCUT2D eigenvalue weighted by Gasteiger charge is 2.37. The summed E-state index contributed by atoms with van der Waals surface area (Å²) < 4.78 is 36.1. The summed E-state index contributed by atoms with van der Waals surface area (Å²) >= 11 is 0.813. The van der Waals surface area contributed by atoms with Gasteiger partial charge in [0.1, 0.15) is 6.04 Å². The van der Waals surface area contributed by atoms with Crippen LogP contribution in [0.5, 0.6) is 0 Å². The molecule has 1 aromatic rings. The predicted molar refractivity (Wildman–Crippen MR) is 82.3 cm³/mol. The lowest BCUT2D eigenvalue weighted by Crippen LogP contribution is -2.44. The summed E-state index contributed by atoms with van der Waals surface area (Å²) in [7, 11) is 0. The molecule has 10 heteroatoms. The fourth-order valence-electron chi connectivity index (χ4n) is 1.66. The van der Waals surface area contributed by atoms with Gasteiger partial charge in [-0.25, -0.2) is 0 Å². The number of hydrogen-bond acceptors (Lipinski definition) is 5. The molecule has 0 aromatic carbocycles. The number of ketones is 1. The van der Waals surface area contributed by atoms with Crippen molar-refractivity contribution in [3.8, 4) is 0 Å². The van der Waals surface area contributed by atoms with E-state index in [1.165, 1.54) is 18.5 Å². The molecule has 6 nitrogen and oxygen atoms in total. The molecule has 132 valence electrons. The summed E-state index contributed by atoms with van der Waals surface area (Å²) in [5.41, 5.74) is 5.46. The van der Waals surface area contributed by atoms with Gasteiger partial charge in [-0.05, 0) is 30.7 Å². The number of halogens is 3. The van der Waals surface area contributed by atoms with Gasteiger partial charge in [-0.1, -0.05) is 0 Å². The van der Waals surface area contributed by atoms with Crippen molar-refractivity contribution in [1.82, 2.24) is 10.3 Å². The molecule has 0 radical (unpaired) electrons. The molecule has 1 atom stereocenters. The third kappa shape index (κ3) is 6.99. The van der Waals surface area contributed by atoms with E-state index in [4.69, 9.17) is 5.73 Å². The molecule has 0 spiro atoms. The Balaban J connectivity index is 2.38. The van der Waals surface area contributed by atoms with Crippen LogP contribution in [0.15, 0.2) is 24.5 Å². The second-order valence-electron chi connectivity index (χ2n) is 4.79. The van der Waals surface area contributed by atoms with E-state index in [1.54, 1.807) is 6.07 Å². The minimum atomic E-state index is -4.83. The second kappa shape index (κ2) is 9.26. The second-order valence-corrected chi connectivity index (χ2v) is 5.89. The number of amides is 2. The first-order valence-electron chi connectivity index (χ1n) is 6.89. The zero-order valence-electron chi connectivity index (χ0n) is 12.5. The lowest BCUT2D eigenvalue weighted by molar-refractivity contribution is -0.167. The van der Waals surface area contributed by atoms with E-state index in [9.17, 15) is 27.6 Å². The van der Waals surface area contributed by atoms with Crippen molar-refractivity contribution in [3.05, 3.63) is 30.1 Å². The smallest absolute Gasteiger partial charge is 0.368 e. The number of aromatic nitrogens is 1. The third-order valence-electron chi connectivity index (χ3n) is 2.90. The summed E-state index contributed by atoms with van der Waals surface area (Å²) in [6.07, 6.45) is -1.54. The predicted octanol–water partition coefficient (Wildman–Crippen LogP) is 1.31. The Bertz CT molecular complexity index is 582. The third-order valence-corrected chi connectivity index (χ3v) is 3.95. The Morgan fingerprint density at radius 2 is 2.04 bits per heavy atom. The first-order valence-corrected chi connectivity index (χ1v) is 8.05. The Morgan fingerprint density at radius 1 is 1.33 bits per heavy atom. The van der Waals surface area contributed by atoms with E-state index in [1.807, 2.05) is 0 Å². The van der Waals surface area contributed by atoms with Crippen LogP contribution in [0.2, 0.25) is 0 Å². The maximum Gasteiger partial charge on any atom is 0.450 e. The van der Waals surface area contributed by atoms with Crippen molar-refractivity contribution in [2.75, 3.05) is 11.5 Å². The monoisotopic (exact) mass is 363 g/mol. The average Bonchev–Trinajstić information content (AvgIpc) is 2.52. The van der Waals surface area contributed by atoms with Crippen molar-refractivity contribution >= 4 is 29.4 Å². The molecule has 1 heterocycles. The van der Waals surface area contributed by atoms with E-state index in [0.717, 1.165) is 11.8 Å². The van der Waals surface area contributed by atoms with Gasteiger partial charge in [0.15, 0.2) is 0 Å². The summed E-state index contributed by atoms with van der Waals surface area (Å²) in [4.78, 5) is 37.7. The average molecular weight is 363 g/mol. The van der Waals surface area contributed by atoms with Gasteiger partial charge in [-0.2, -0.15) is 24.9 Å². The van der Waals surface area contributed by atoms with Crippen molar-refractivity contribution in [3.63, 3.8) is 0 Å². The van der Waals surface area contributed by atoms with Crippen LogP contribution in [0.25, 0.3) is 0 Å². The van der Waals surface area contributed by atoms with Gasteiger partial charge in [0.2, 0.25) is 11.7 Å². The molecule has 0 fully saturated rings. The molecule has 0 saturated carbocycles. The number of alkyl halides is 3. The number of pyridine rings is 1. The molecule has 1 rings (SSSR count). The molecule has 0 unspecified atom stereocenters.